The third kappa shape index (κ3) is 3.65. The third-order valence-corrected chi connectivity index (χ3v) is 3.09. The van der Waals surface area contributed by atoms with Crippen molar-refractivity contribution in [1.29, 1.82) is 0 Å². The van der Waals surface area contributed by atoms with Crippen molar-refractivity contribution in [3.8, 4) is 0 Å². The molecule has 2 aromatic heterocycles. The van der Waals surface area contributed by atoms with Crippen LogP contribution < -0.4 is 0 Å². The van der Waals surface area contributed by atoms with Crippen molar-refractivity contribution in [2.24, 2.45) is 0 Å². The smallest absolute Gasteiger partial charge is 0.270 e. The van der Waals surface area contributed by atoms with E-state index in [1.807, 2.05) is 19.1 Å². The molecule has 108 valence electrons. The minimum absolute atomic E-state index is 0.136. The number of aromatic nitrogens is 1. The molecule has 1 amide bonds. The maximum atomic E-state index is 12.4. The van der Waals surface area contributed by atoms with Crippen LogP contribution in [0.4, 0.5) is 0 Å². The van der Waals surface area contributed by atoms with Gasteiger partial charge in [-0.05, 0) is 25.1 Å². The molecular weight excluding hydrogens is 280 g/mol. The number of furan rings is 1. The minimum atomic E-state index is -0.136. The molecule has 0 saturated carbocycles. The number of nitrogens with zero attached hydrogens (tertiary/aromatic N) is 1. The van der Waals surface area contributed by atoms with Gasteiger partial charge in [-0.25, -0.2) is 0 Å². The number of carbonyl (C=O) groups excluding carboxylic acids is 1. The zero-order valence-electron chi connectivity index (χ0n) is 11.5. The van der Waals surface area contributed by atoms with Crippen molar-refractivity contribution < 1.29 is 13.9 Å². The van der Waals surface area contributed by atoms with Crippen LogP contribution in [0.15, 0.2) is 28.8 Å². The van der Waals surface area contributed by atoms with Gasteiger partial charge in [-0.15, -0.1) is 0 Å². The Hall–Kier alpha value is -1.72. The molecule has 0 aliphatic rings. The summed E-state index contributed by atoms with van der Waals surface area (Å²) in [6, 6.07) is 5.35. The second kappa shape index (κ2) is 6.63. The Labute approximate surface area is 122 Å². The molecule has 0 aliphatic carbocycles. The predicted molar refractivity (Wildman–Crippen MR) is 75.9 cm³/mol. The molecule has 2 rings (SSSR count). The lowest BCUT2D eigenvalue weighted by atomic mass is 10.3. The molecule has 2 aromatic rings. The lowest BCUT2D eigenvalue weighted by Gasteiger charge is -2.20. The number of rotatable bonds is 6. The lowest BCUT2D eigenvalue weighted by molar-refractivity contribution is 0.0661. The number of methoxy groups -OCH3 is 1. The topological polar surface area (TPSA) is 58.5 Å². The van der Waals surface area contributed by atoms with Crippen molar-refractivity contribution in [2.75, 3.05) is 20.3 Å². The van der Waals surface area contributed by atoms with Crippen LogP contribution in [0.1, 0.15) is 22.0 Å². The van der Waals surface area contributed by atoms with E-state index in [0.717, 1.165) is 11.5 Å². The fraction of sp³-hybridized carbons (Fsp3) is 0.357. The highest BCUT2D eigenvalue weighted by molar-refractivity contribution is 6.30. The van der Waals surface area contributed by atoms with Gasteiger partial charge < -0.3 is 19.0 Å². The van der Waals surface area contributed by atoms with Crippen LogP contribution >= 0.6 is 11.6 Å². The molecule has 0 aliphatic heterocycles. The maximum absolute atomic E-state index is 12.4. The van der Waals surface area contributed by atoms with Crippen LogP contribution in [0.2, 0.25) is 5.02 Å². The van der Waals surface area contributed by atoms with Crippen molar-refractivity contribution in [1.82, 2.24) is 9.88 Å². The predicted octanol–water partition coefficient (Wildman–Crippen LogP) is 2.86. The van der Waals surface area contributed by atoms with Crippen LogP contribution in [-0.4, -0.2) is 36.1 Å². The van der Waals surface area contributed by atoms with Crippen LogP contribution in [-0.2, 0) is 11.3 Å². The van der Waals surface area contributed by atoms with Crippen LogP contribution in [0.5, 0.6) is 0 Å². The van der Waals surface area contributed by atoms with Gasteiger partial charge in [0.2, 0.25) is 0 Å². The van der Waals surface area contributed by atoms with Gasteiger partial charge in [0.25, 0.3) is 5.91 Å². The Morgan fingerprint density at radius 2 is 2.30 bits per heavy atom. The first-order valence-electron chi connectivity index (χ1n) is 6.27. The van der Waals surface area contributed by atoms with Gasteiger partial charge in [0, 0.05) is 19.9 Å². The molecule has 0 atom stereocenters. The van der Waals surface area contributed by atoms with Gasteiger partial charge in [0.15, 0.2) is 0 Å². The fourth-order valence-corrected chi connectivity index (χ4v) is 2.04. The van der Waals surface area contributed by atoms with E-state index in [1.165, 1.54) is 0 Å². The fourth-order valence-electron chi connectivity index (χ4n) is 1.87. The maximum Gasteiger partial charge on any atom is 0.270 e. The summed E-state index contributed by atoms with van der Waals surface area (Å²) in [7, 11) is 1.60. The van der Waals surface area contributed by atoms with E-state index in [-0.39, 0.29) is 5.91 Å². The molecule has 2 heterocycles. The molecule has 0 bridgehead atoms. The van der Waals surface area contributed by atoms with Gasteiger partial charge >= 0.3 is 0 Å². The zero-order valence-corrected chi connectivity index (χ0v) is 12.2. The minimum Gasteiger partial charge on any atom is -0.464 e. The number of H-pyrrole nitrogens is 1. The highest BCUT2D eigenvalue weighted by atomic mass is 35.5. The summed E-state index contributed by atoms with van der Waals surface area (Å²) in [5.41, 5.74) is 0.453. The number of nitrogens with one attached hydrogen (secondary N) is 1. The second-order valence-electron chi connectivity index (χ2n) is 4.46. The van der Waals surface area contributed by atoms with Crippen molar-refractivity contribution in [3.63, 3.8) is 0 Å². The molecule has 5 nitrogen and oxygen atoms in total. The zero-order chi connectivity index (χ0) is 14.5. The molecule has 0 spiro atoms. The molecular formula is C14H17ClN2O3. The number of halogens is 1. The Kier molecular flexibility index (Phi) is 4.87. The molecule has 0 saturated heterocycles. The lowest BCUT2D eigenvalue weighted by Crippen LogP contribution is -2.33. The number of carbonyl (C=O) groups is 1. The monoisotopic (exact) mass is 296 g/mol. The Bertz CT molecular complexity index is 576. The first kappa shape index (κ1) is 14.7. The molecule has 0 aromatic carbocycles. The summed E-state index contributed by atoms with van der Waals surface area (Å²) < 4.78 is 10.6. The quantitative estimate of drug-likeness (QED) is 0.892. The average Bonchev–Trinajstić information content (AvgIpc) is 3.02. The van der Waals surface area contributed by atoms with E-state index in [9.17, 15) is 4.79 Å². The summed E-state index contributed by atoms with van der Waals surface area (Å²) in [5.74, 6) is 1.43. The highest BCUT2D eigenvalue weighted by Crippen LogP contribution is 2.15. The number of aryl methyl sites for hydroxylation is 1. The standard InChI is InChI=1S/C14H17ClN2O3/c1-10-3-4-12(20-10)9-17(5-6-19-2)14(18)13-7-11(15)8-16-13/h3-4,7-8,16H,5-6,9H2,1-2H3. The third-order valence-electron chi connectivity index (χ3n) is 2.87. The molecule has 1 N–H and O–H groups in total. The van der Waals surface area contributed by atoms with E-state index < -0.39 is 0 Å². The number of hydrogen-bond donors (Lipinski definition) is 1. The van der Waals surface area contributed by atoms with Crippen molar-refractivity contribution >= 4 is 17.5 Å². The Morgan fingerprint density at radius 3 is 2.85 bits per heavy atom. The van der Waals surface area contributed by atoms with Gasteiger partial charge in [-0.2, -0.15) is 0 Å². The summed E-state index contributed by atoms with van der Waals surface area (Å²) in [4.78, 5) is 16.9. The first-order valence-corrected chi connectivity index (χ1v) is 6.65. The van der Waals surface area contributed by atoms with E-state index in [2.05, 4.69) is 4.98 Å². The normalized spacial score (nSPS) is 10.8. The van der Waals surface area contributed by atoms with Crippen LogP contribution in [0, 0.1) is 6.92 Å². The van der Waals surface area contributed by atoms with Gasteiger partial charge in [0.1, 0.15) is 17.2 Å². The van der Waals surface area contributed by atoms with Gasteiger partial charge in [0.05, 0.1) is 18.2 Å². The van der Waals surface area contributed by atoms with Gasteiger partial charge in [-0.1, -0.05) is 11.6 Å². The molecule has 0 fully saturated rings. The van der Waals surface area contributed by atoms with Crippen LogP contribution in [0.3, 0.4) is 0 Å². The molecule has 6 heteroatoms. The van der Waals surface area contributed by atoms with Crippen LogP contribution in [0.25, 0.3) is 0 Å². The van der Waals surface area contributed by atoms with E-state index in [4.69, 9.17) is 20.8 Å². The van der Waals surface area contributed by atoms with E-state index >= 15 is 0 Å². The summed E-state index contributed by atoms with van der Waals surface area (Å²) in [5, 5.41) is 0.508. The van der Waals surface area contributed by atoms with Crippen molar-refractivity contribution in [3.05, 3.63) is 46.6 Å². The number of amides is 1. The summed E-state index contributed by atoms with van der Waals surface area (Å²) >= 11 is 5.83. The number of hydrogen-bond acceptors (Lipinski definition) is 3. The second-order valence-corrected chi connectivity index (χ2v) is 4.90. The largest absolute Gasteiger partial charge is 0.464 e. The van der Waals surface area contributed by atoms with E-state index in [1.54, 1.807) is 24.3 Å². The SMILES string of the molecule is COCCN(Cc1ccc(C)o1)C(=O)c1cc(Cl)c[nH]1. The highest BCUT2D eigenvalue weighted by Gasteiger charge is 2.18. The van der Waals surface area contributed by atoms with E-state index in [0.29, 0.717) is 30.4 Å². The van der Waals surface area contributed by atoms with Gasteiger partial charge in [-0.3, -0.25) is 4.79 Å². The van der Waals surface area contributed by atoms with Crippen molar-refractivity contribution in [2.45, 2.75) is 13.5 Å². The number of ether oxygens (including phenoxy) is 1. The molecule has 20 heavy (non-hydrogen) atoms. The average molecular weight is 297 g/mol. The summed E-state index contributed by atoms with van der Waals surface area (Å²) in [6.07, 6.45) is 1.58. The molecule has 0 unspecified atom stereocenters. The summed E-state index contributed by atoms with van der Waals surface area (Å²) in [6.45, 7) is 3.20. The Morgan fingerprint density at radius 1 is 1.50 bits per heavy atom. The first-order chi connectivity index (χ1) is 9.60. The Balaban J connectivity index is 2.12. The number of aromatic amines is 1. The molecule has 0 radical (unpaired) electrons.